The number of morpholine rings is 1. The quantitative estimate of drug-likeness (QED) is 0.352. The van der Waals surface area contributed by atoms with Crippen molar-refractivity contribution >= 4 is 79.6 Å². The largest absolute Gasteiger partial charge is 0.379 e. The van der Waals surface area contributed by atoms with E-state index in [2.05, 4.69) is 84.5 Å². The molecule has 1 fully saturated rings. The van der Waals surface area contributed by atoms with E-state index in [1.807, 2.05) is 0 Å². The lowest BCUT2D eigenvalue weighted by Gasteiger charge is -2.28. The molecule has 1 aliphatic heterocycles. The van der Waals surface area contributed by atoms with Crippen LogP contribution in [0.2, 0.25) is 0 Å². The van der Waals surface area contributed by atoms with E-state index in [1.165, 1.54) is 5.56 Å². The van der Waals surface area contributed by atoms with Crippen LogP contribution < -0.4 is 0 Å². The molecule has 7 heteroatoms. The molecule has 0 bridgehead atoms. The summed E-state index contributed by atoms with van der Waals surface area (Å²) in [5.74, 6) is 0. The molecule has 0 radical (unpaired) electrons. The van der Waals surface area contributed by atoms with Gasteiger partial charge in [0.05, 0.1) is 13.2 Å². The lowest BCUT2D eigenvalue weighted by Crippen LogP contribution is -2.35. The Kier molecular flexibility index (Phi) is 6.19. The molecule has 0 aromatic heterocycles. The first-order valence-electron chi connectivity index (χ1n) is 5.32. The van der Waals surface area contributed by atoms with Crippen LogP contribution in [0.3, 0.4) is 0 Å². The van der Waals surface area contributed by atoms with E-state index in [1.54, 1.807) is 0 Å². The number of benzene rings is 1. The molecule has 1 heterocycles. The minimum Gasteiger partial charge on any atom is -0.379 e. The summed E-state index contributed by atoms with van der Waals surface area (Å²) in [5, 5.41) is 0. The van der Waals surface area contributed by atoms with Crippen molar-refractivity contribution < 1.29 is 4.74 Å². The monoisotopic (exact) mass is 567 g/mol. The normalized spacial score (nSPS) is 17.2. The molecule has 18 heavy (non-hydrogen) atoms. The van der Waals surface area contributed by atoms with Crippen LogP contribution in [-0.4, -0.2) is 31.2 Å². The van der Waals surface area contributed by atoms with Gasteiger partial charge >= 0.3 is 0 Å². The summed E-state index contributed by atoms with van der Waals surface area (Å²) in [4.78, 5) is 2.39. The minimum absolute atomic E-state index is 0.814. The Labute approximate surface area is 148 Å². The standard InChI is InChI=1S/C11H10Br5NO/c12-7-6(5-17-1-3-18-4-2-17)8(13)10(15)11(16)9(7)14/h1-5H2. The van der Waals surface area contributed by atoms with Gasteiger partial charge in [0.1, 0.15) is 0 Å². The zero-order valence-electron chi connectivity index (χ0n) is 9.28. The van der Waals surface area contributed by atoms with Gasteiger partial charge in [-0.15, -0.1) is 0 Å². The third-order valence-corrected chi connectivity index (χ3v) is 9.04. The topological polar surface area (TPSA) is 12.5 Å². The Hall–Kier alpha value is 1.54. The summed E-state index contributed by atoms with van der Waals surface area (Å²) in [6, 6.07) is 0. The van der Waals surface area contributed by atoms with E-state index in [0.29, 0.717) is 0 Å². The molecule has 1 aromatic rings. The van der Waals surface area contributed by atoms with Gasteiger partial charge in [-0.2, -0.15) is 0 Å². The van der Waals surface area contributed by atoms with Crippen molar-refractivity contribution in [3.63, 3.8) is 0 Å². The van der Waals surface area contributed by atoms with Crippen LogP contribution in [0, 0.1) is 0 Å². The van der Waals surface area contributed by atoms with Gasteiger partial charge in [-0.3, -0.25) is 4.90 Å². The molecule has 1 saturated heterocycles. The summed E-state index contributed by atoms with van der Waals surface area (Å²) in [7, 11) is 0. The highest BCUT2D eigenvalue weighted by Gasteiger charge is 2.20. The highest BCUT2D eigenvalue weighted by Crippen LogP contribution is 2.44. The first kappa shape index (κ1) is 15.9. The van der Waals surface area contributed by atoms with Crippen molar-refractivity contribution in [2.45, 2.75) is 6.54 Å². The highest BCUT2D eigenvalue weighted by atomic mass is 79.9. The van der Waals surface area contributed by atoms with Crippen molar-refractivity contribution in [3.05, 3.63) is 27.9 Å². The average molecular weight is 572 g/mol. The van der Waals surface area contributed by atoms with Crippen LogP contribution in [0.15, 0.2) is 22.4 Å². The number of ether oxygens (including phenoxy) is 1. The van der Waals surface area contributed by atoms with Gasteiger partial charge in [-0.1, -0.05) is 0 Å². The minimum atomic E-state index is 0.814. The summed E-state index contributed by atoms with van der Waals surface area (Å²) < 4.78 is 10.6. The molecule has 2 nitrogen and oxygen atoms in total. The maximum Gasteiger partial charge on any atom is 0.0594 e. The van der Waals surface area contributed by atoms with E-state index in [4.69, 9.17) is 4.74 Å². The van der Waals surface area contributed by atoms with Gasteiger partial charge in [0.25, 0.3) is 0 Å². The lowest BCUT2D eigenvalue weighted by molar-refractivity contribution is 0.0340. The second-order valence-corrected chi connectivity index (χ2v) is 7.90. The fraction of sp³-hybridized carbons (Fsp3) is 0.455. The van der Waals surface area contributed by atoms with Gasteiger partial charge < -0.3 is 4.74 Å². The number of rotatable bonds is 2. The first-order valence-corrected chi connectivity index (χ1v) is 9.29. The van der Waals surface area contributed by atoms with Crippen LogP contribution in [0.25, 0.3) is 0 Å². The van der Waals surface area contributed by atoms with Crippen molar-refractivity contribution in [3.8, 4) is 0 Å². The Morgan fingerprint density at radius 3 is 1.72 bits per heavy atom. The number of nitrogens with zero attached hydrogens (tertiary/aromatic N) is 1. The third-order valence-electron chi connectivity index (χ3n) is 2.79. The van der Waals surface area contributed by atoms with Gasteiger partial charge in [0, 0.05) is 42.0 Å². The van der Waals surface area contributed by atoms with Gasteiger partial charge in [-0.05, 0) is 85.2 Å². The van der Waals surface area contributed by atoms with Crippen LogP contribution in [0.5, 0.6) is 0 Å². The Morgan fingerprint density at radius 2 is 1.22 bits per heavy atom. The predicted molar refractivity (Wildman–Crippen MR) is 91.0 cm³/mol. The summed E-state index contributed by atoms with van der Waals surface area (Å²) in [6.45, 7) is 4.48. The summed E-state index contributed by atoms with van der Waals surface area (Å²) in [5.41, 5.74) is 1.24. The molecule has 0 unspecified atom stereocenters. The van der Waals surface area contributed by atoms with Crippen molar-refractivity contribution in [2.75, 3.05) is 26.3 Å². The molecular weight excluding hydrogens is 562 g/mol. The lowest BCUT2D eigenvalue weighted by atomic mass is 10.2. The molecule has 0 saturated carbocycles. The molecule has 0 atom stereocenters. The van der Waals surface area contributed by atoms with Crippen molar-refractivity contribution in [1.29, 1.82) is 0 Å². The fourth-order valence-corrected chi connectivity index (χ4v) is 5.15. The SMILES string of the molecule is Brc1c(Br)c(Br)c(CN2CCOCC2)c(Br)c1Br. The van der Waals surface area contributed by atoms with Gasteiger partial charge in [0.15, 0.2) is 0 Å². The molecule has 100 valence electrons. The molecule has 0 amide bonds. The zero-order chi connectivity index (χ0) is 13.3. The van der Waals surface area contributed by atoms with Gasteiger partial charge in [0.2, 0.25) is 0 Å². The molecule has 0 spiro atoms. The summed E-state index contributed by atoms with van der Waals surface area (Å²) in [6.07, 6.45) is 0. The fourth-order valence-electron chi connectivity index (χ4n) is 1.77. The molecule has 0 N–H and O–H groups in total. The number of halogens is 5. The average Bonchev–Trinajstić information content (AvgIpc) is 2.40. The first-order chi connectivity index (χ1) is 8.52. The van der Waals surface area contributed by atoms with Crippen molar-refractivity contribution in [1.82, 2.24) is 4.90 Å². The molecule has 1 aliphatic rings. The van der Waals surface area contributed by atoms with Crippen LogP contribution in [0.1, 0.15) is 5.56 Å². The van der Waals surface area contributed by atoms with Gasteiger partial charge in [-0.25, -0.2) is 0 Å². The molecule has 2 rings (SSSR count). The van der Waals surface area contributed by atoms with E-state index in [9.17, 15) is 0 Å². The van der Waals surface area contributed by atoms with Crippen LogP contribution in [0.4, 0.5) is 0 Å². The second-order valence-electron chi connectivity index (χ2n) is 3.94. The van der Waals surface area contributed by atoms with E-state index in [0.717, 1.165) is 55.2 Å². The number of hydrogen-bond donors (Lipinski definition) is 0. The van der Waals surface area contributed by atoms with Crippen LogP contribution in [-0.2, 0) is 11.3 Å². The predicted octanol–water partition coefficient (Wildman–Crippen LogP) is 5.33. The Bertz CT molecular complexity index is 430. The zero-order valence-corrected chi connectivity index (χ0v) is 17.2. The summed E-state index contributed by atoms with van der Waals surface area (Å²) >= 11 is 18.1. The van der Waals surface area contributed by atoms with E-state index >= 15 is 0 Å². The van der Waals surface area contributed by atoms with E-state index in [-0.39, 0.29) is 0 Å². The Balaban J connectivity index is 2.32. The Morgan fingerprint density at radius 1 is 0.778 bits per heavy atom. The molecular formula is C11H10Br5NO. The maximum atomic E-state index is 5.37. The maximum absolute atomic E-state index is 5.37. The van der Waals surface area contributed by atoms with Crippen molar-refractivity contribution in [2.24, 2.45) is 0 Å². The smallest absolute Gasteiger partial charge is 0.0594 e. The molecule has 1 aromatic carbocycles. The number of hydrogen-bond acceptors (Lipinski definition) is 2. The molecule has 0 aliphatic carbocycles. The second kappa shape index (κ2) is 7.00. The van der Waals surface area contributed by atoms with Crippen LogP contribution >= 0.6 is 79.6 Å². The third kappa shape index (κ3) is 3.40. The highest BCUT2D eigenvalue weighted by molar-refractivity contribution is 9.15. The van der Waals surface area contributed by atoms with E-state index < -0.39 is 0 Å².